The standard InChI is InChI=1S/C16H23N6P.C10H16O2.C3H8.C2H6/c1-10(23-2)14-13(9-17)15(19)21-22-16(14)20-8-7-11-3-5-12(18)6-4-11;1-5-6-7-10(12-4)8-9(2)11-3;1-3-2;1-2/h3-6,9,23H,7-8,17-18H2,1-2H3,(H2,19,21)(H,20,22);6-8H,2,5H2,1,3-4H3;3H2,1-2H3;1-2H3/b13-9-,14-10-;7-6-,10-8+;;. The molecular formula is C31H53N6O2P. The molecule has 9 heteroatoms. The first-order valence-corrected chi connectivity index (χ1v) is 15.2. The van der Waals surface area contributed by atoms with Crippen molar-refractivity contribution in [1.29, 1.82) is 0 Å². The average molecular weight is 573 g/mol. The molecule has 2 aromatic rings. The maximum Gasteiger partial charge on any atom is 0.157 e. The highest BCUT2D eigenvalue weighted by Gasteiger charge is 2.06. The molecule has 0 saturated heterocycles. The third-order valence-corrected chi connectivity index (χ3v) is 5.96. The number of methoxy groups -OCH3 is 2. The summed E-state index contributed by atoms with van der Waals surface area (Å²) >= 11 is 0. The van der Waals surface area contributed by atoms with Gasteiger partial charge in [0.15, 0.2) is 11.6 Å². The molecule has 0 radical (unpaired) electrons. The minimum Gasteiger partial charge on any atom is -0.497 e. The van der Waals surface area contributed by atoms with Crippen LogP contribution in [0.1, 0.15) is 59.9 Å². The molecule has 2 rings (SSSR count). The Morgan fingerprint density at radius 2 is 1.65 bits per heavy atom. The van der Waals surface area contributed by atoms with E-state index < -0.39 is 0 Å². The number of nitrogens with zero attached hydrogens (tertiary/aromatic N) is 2. The summed E-state index contributed by atoms with van der Waals surface area (Å²) in [6.45, 7) is 18.9. The Kier molecular flexibility index (Phi) is 23.7. The predicted octanol–water partition coefficient (Wildman–Crippen LogP) is 5.51. The van der Waals surface area contributed by atoms with Gasteiger partial charge in [0.2, 0.25) is 0 Å². The van der Waals surface area contributed by atoms with Gasteiger partial charge in [-0.2, -0.15) is 0 Å². The molecule has 40 heavy (non-hydrogen) atoms. The number of nitrogen functional groups attached to an aromatic ring is 2. The van der Waals surface area contributed by atoms with Crippen molar-refractivity contribution in [2.75, 3.05) is 44.2 Å². The first kappa shape index (κ1) is 38.6. The number of nitrogens with two attached hydrogens (primary N) is 3. The summed E-state index contributed by atoms with van der Waals surface area (Å²) in [4.78, 5) is 0. The molecule has 1 atom stereocenters. The van der Waals surface area contributed by atoms with Crippen molar-refractivity contribution in [3.8, 4) is 0 Å². The van der Waals surface area contributed by atoms with Gasteiger partial charge in [-0.15, -0.1) is 10.2 Å². The monoisotopic (exact) mass is 572 g/mol. The van der Waals surface area contributed by atoms with Gasteiger partial charge in [0.25, 0.3) is 0 Å². The lowest BCUT2D eigenvalue weighted by molar-refractivity contribution is 0.286. The summed E-state index contributed by atoms with van der Waals surface area (Å²) in [5.41, 5.74) is 19.3. The summed E-state index contributed by atoms with van der Waals surface area (Å²) in [6.07, 6.45) is 10.2. The van der Waals surface area contributed by atoms with Crippen molar-refractivity contribution in [3.05, 3.63) is 76.6 Å². The number of aromatic nitrogens is 2. The Hall–Kier alpha value is -3.51. The molecule has 1 aromatic carbocycles. The van der Waals surface area contributed by atoms with E-state index in [2.05, 4.69) is 56.5 Å². The van der Waals surface area contributed by atoms with Crippen LogP contribution in [0.4, 0.5) is 17.3 Å². The normalized spacial score (nSPS) is 11.9. The second-order valence-corrected chi connectivity index (χ2v) is 9.37. The molecule has 0 spiro atoms. The summed E-state index contributed by atoms with van der Waals surface area (Å²) in [5, 5.41) is 14.4. The minimum atomic E-state index is 0.351. The number of ether oxygens (including phenoxy) is 2. The highest BCUT2D eigenvalue weighted by Crippen LogP contribution is 2.17. The molecule has 0 bridgehead atoms. The highest BCUT2D eigenvalue weighted by atomic mass is 31.1. The van der Waals surface area contributed by atoms with Crippen LogP contribution in [-0.4, -0.2) is 37.6 Å². The van der Waals surface area contributed by atoms with Gasteiger partial charge in [0, 0.05) is 34.9 Å². The molecule has 7 N–H and O–H groups in total. The predicted molar refractivity (Wildman–Crippen MR) is 179 cm³/mol. The second kappa shape index (κ2) is 24.5. The smallest absolute Gasteiger partial charge is 0.157 e. The lowest BCUT2D eigenvalue weighted by Gasteiger charge is -2.09. The van der Waals surface area contributed by atoms with Crippen molar-refractivity contribution >= 4 is 37.4 Å². The van der Waals surface area contributed by atoms with Crippen LogP contribution < -0.4 is 33.0 Å². The summed E-state index contributed by atoms with van der Waals surface area (Å²) in [5.74, 6) is 2.42. The highest BCUT2D eigenvalue weighted by molar-refractivity contribution is 7.48. The fourth-order valence-electron chi connectivity index (χ4n) is 2.90. The van der Waals surface area contributed by atoms with E-state index in [9.17, 15) is 0 Å². The van der Waals surface area contributed by atoms with Crippen molar-refractivity contribution < 1.29 is 9.47 Å². The van der Waals surface area contributed by atoms with Crippen molar-refractivity contribution in [1.82, 2.24) is 10.2 Å². The molecule has 0 saturated carbocycles. The molecule has 0 fully saturated rings. The van der Waals surface area contributed by atoms with Gasteiger partial charge in [-0.1, -0.05) is 74.4 Å². The SMILES string of the molecule is C=C(/C=C(\C=C/CC)OC)OC.CC.CCC.CP/C(C)=c1\c(NCCc2ccc(N)cc2)nnc(N)\c1=C/N. The molecule has 1 unspecified atom stereocenters. The van der Waals surface area contributed by atoms with E-state index in [-0.39, 0.29) is 0 Å². The fourth-order valence-corrected chi connectivity index (χ4v) is 3.40. The van der Waals surface area contributed by atoms with Gasteiger partial charge in [-0.05, 0) is 55.5 Å². The third-order valence-electron chi connectivity index (χ3n) is 4.96. The number of nitrogens with one attached hydrogen (secondary N) is 1. The summed E-state index contributed by atoms with van der Waals surface area (Å²) in [7, 11) is 3.84. The Morgan fingerprint density at radius 3 is 2.12 bits per heavy atom. The van der Waals surface area contributed by atoms with Crippen LogP contribution in [0.3, 0.4) is 0 Å². The Morgan fingerprint density at radius 1 is 1.05 bits per heavy atom. The molecule has 0 aliphatic rings. The Labute approximate surface area is 244 Å². The van der Waals surface area contributed by atoms with Crippen molar-refractivity contribution in [2.24, 2.45) is 5.73 Å². The van der Waals surface area contributed by atoms with Gasteiger partial charge in [-0.3, -0.25) is 0 Å². The minimum absolute atomic E-state index is 0.351. The zero-order valence-electron chi connectivity index (χ0n) is 26.1. The van der Waals surface area contributed by atoms with Crippen LogP contribution in [0.15, 0.2) is 60.6 Å². The van der Waals surface area contributed by atoms with E-state index in [1.807, 2.05) is 50.3 Å². The van der Waals surface area contributed by atoms with E-state index in [0.29, 0.717) is 20.2 Å². The van der Waals surface area contributed by atoms with Crippen molar-refractivity contribution in [3.63, 3.8) is 0 Å². The quantitative estimate of drug-likeness (QED) is 0.127. The largest absolute Gasteiger partial charge is 0.497 e. The van der Waals surface area contributed by atoms with Gasteiger partial charge in [0.1, 0.15) is 11.5 Å². The van der Waals surface area contributed by atoms with E-state index >= 15 is 0 Å². The maximum atomic E-state index is 5.89. The van der Waals surface area contributed by atoms with Crippen LogP contribution in [0.5, 0.6) is 0 Å². The number of allylic oxidation sites excluding steroid dienone is 3. The zero-order valence-corrected chi connectivity index (χ0v) is 27.1. The van der Waals surface area contributed by atoms with Crippen LogP contribution in [0, 0.1) is 0 Å². The second-order valence-electron chi connectivity index (χ2n) is 8.12. The molecule has 0 amide bonds. The van der Waals surface area contributed by atoms with Crippen LogP contribution >= 0.6 is 8.58 Å². The number of hydrogen-bond acceptors (Lipinski definition) is 8. The van der Waals surface area contributed by atoms with Gasteiger partial charge in [-0.25, -0.2) is 0 Å². The zero-order chi connectivity index (χ0) is 30.9. The number of anilines is 3. The summed E-state index contributed by atoms with van der Waals surface area (Å²) < 4.78 is 9.94. The van der Waals surface area contributed by atoms with Gasteiger partial charge < -0.3 is 32.0 Å². The molecule has 0 aliphatic carbocycles. The molecular weight excluding hydrogens is 519 g/mol. The average Bonchev–Trinajstić information content (AvgIpc) is 2.98. The molecule has 8 nitrogen and oxygen atoms in total. The molecule has 1 heterocycles. The maximum absolute atomic E-state index is 5.89. The van der Waals surface area contributed by atoms with E-state index in [1.54, 1.807) is 20.3 Å². The Balaban J connectivity index is 0. The van der Waals surface area contributed by atoms with E-state index in [4.69, 9.17) is 26.7 Å². The van der Waals surface area contributed by atoms with Crippen LogP contribution in [0.2, 0.25) is 0 Å². The summed E-state index contributed by atoms with van der Waals surface area (Å²) in [6, 6.07) is 7.86. The molecule has 0 aliphatic heterocycles. The van der Waals surface area contributed by atoms with Gasteiger partial charge in [0.05, 0.1) is 14.2 Å². The number of benzene rings is 1. The van der Waals surface area contributed by atoms with E-state index in [1.165, 1.54) is 23.5 Å². The first-order chi connectivity index (χ1) is 19.2. The van der Waals surface area contributed by atoms with Crippen molar-refractivity contribution in [2.45, 2.75) is 60.8 Å². The fraction of sp³-hybridized carbons (Fsp3) is 0.419. The molecule has 224 valence electrons. The first-order valence-electron chi connectivity index (χ1n) is 13.7. The third kappa shape index (κ3) is 15.8. The Bertz CT molecular complexity index is 1150. The van der Waals surface area contributed by atoms with E-state index in [0.717, 1.165) is 47.1 Å². The number of rotatable bonds is 10. The van der Waals surface area contributed by atoms with Crippen LogP contribution in [0.25, 0.3) is 11.5 Å². The topological polar surface area (TPSA) is 134 Å². The lowest BCUT2D eigenvalue weighted by atomic mass is 10.1. The molecule has 1 aromatic heterocycles. The van der Waals surface area contributed by atoms with Gasteiger partial charge >= 0.3 is 0 Å². The van der Waals surface area contributed by atoms with Crippen LogP contribution in [-0.2, 0) is 15.9 Å². The number of hydrogen-bond donors (Lipinski definition) is 4. The lowest BCUT2D eigenvalue weighted by Crippen LogP contribution is -2.35.